The number of carbonyl (C=O) groups excluding carboxylic acids is 1. The van der Waals surface area contributed by atoms with Crippen molar-refractivity contribution in [2.45, 2.75) is 32.0 Å². The molecule has 0 radical (unpaired) electrons. The van der Waals surface area contributed by atoms with E-state index in [0.29, 0.717) is 18.4 Å². The van der Waals surface area contributed by atoms with Gasteiger partial charge in [-0.15, -0.1) is 0 Å². The Bertz CT molecular complexity index is 532. The van der Waals surface area contributed by atoms with E-state index < -0.39 is 20.0 Å². The monoisotopic (exact) mass is 330 g/mol. The quantitative estimate of drug-likeness (QED) is 0.304. The van der Waals surface area contributed by atoms with Gasteiger partial charge in [0.2, 0.25) is 0 Å². The van der Waals surface area contributed by atoms with Crippen LogP contribution < -0.4 is 68.9 Å². The number of carbonyl (C=O) groups is 1. The van der Waals surface area contributed by atoms with Crippen LogP contribution in [0.4, 0.5) is 0 Å². The SMILES string of the molecule is CC(CC[C@@H]1OC(=O)c2ccccc21)OP(=O)([O-])[O-].[Na+].[Na+]. The minimum Gasteiger partial charge on any atom is -0.790 e. The first-order chi connectivity index (χ1) is 8.87. The molecule has 0 aliphatic carbocycles. The molecule has 21 heavy (non-hydrogen) atoms. The van der Waals surface area contributed by atoms with Crippen LogP contribution in [0, 0.1) is 0 Å². The Hall–Kier alpha value is 0.800. The predicted octanol–water partition coefficient (Wildman–Crippen LogP) is -5.08. The summed E-state index contributed by atoms with van der Waals surface area (Å²) in [6.07, 6.45) is -0.426. The number of rotatable bonds is 5. The van der Waals surface area contributed by atoms with Crippen molar-refractivity contribution in [2.75, 3.05) is 0 Å². The number of esters is 1. The molecule has 1 heterocycles. The molecule has 1 aliphatic rings. The van der Waals surface area contributed by atoms with Gasteiger partial charge in [-0.2, -0.15) is 0 Å². The van der Waals surface area contributed by atoms with Gasteiger partial charge in [-0.1, -0.05) is 18.2 Å². The van der Waals surface area contributed by atoms with Gasteiger partial charge in [-0.3, -0.25) is 0 Å². The average Bonchev–Trinajstić information content (AvgIpc) is 2.62. The van der Waals surface area contributed by atoms with Crippen molar-refractivity contribution in [1.82, 2.24) is 0 Å². The van der Waals surface area contributed by atoms with E-state index in [1.165, 1.54) is 6.92 Å². The maximum Gasteiger partial charge on any atom is 1.00 e. The summed E-state index contributed by atoms with van der Waals surface area (Å²) < 4.78 is 20.0. The summed E-state index contributed by atoms with van der Waals surface area (Å²) in [6.45, 7) is 1.49. The van der Waals surface area contributed by atoms with E-state index in [2.05, 4.69) is 4.52 Å². The standard InChI is InChI=1S/C12H15O6P.2Na/c1-8(18-19(14,15)16)6-7-11-9-4-2-3-5-10(9)12(13)17-11;;/h2-5,8,11H,6-7H2,1H3,(H2,14,15,16);;/q;2*+1/p-2/t8?,11-;;/m0../s1. The van der Waals surface area contributed by atoms with E-state index >= 15 is 0 Å². The van der Waals surface area contributed by atoms with Gasteiger partial charge in [0, 0.05) is 5.56 Å². The van der Waals surface area contributed by atoms with Gasteiger partial charge in [0.15, 0.2) is 0 Å². The normalized spacial score (nSPS) is 18.0. The fourth-order valence-corrected chi connectivity index (χ4v) is 2.64. The number of phosphoric ester groups is 1. The molecule has 0 fully saturated rings. The molecule has 0 saturated heterocycles. The van der Waals surface area contributed by atoms with Gasteiger partial charge in [-0.05, 0) is 25.8 Å². The number of benzene rings is 1. The second kappa shape index (κ2) is 9.18. The van der Waals surface area contributed by atoms with Crippen LogP contribution in [0.5, 0.6) is 0 Å². The summed E-state index contributed by atoms with van der Waals surface area (Å²) in [6, 6.07) is 7.03. The minimum absolute atomic E-state index is 0. The van der Waals surface area contributed by atoms with Gasteiger partial charge in [0.05, 0.1) is 19.5 Å². The molecule has 6 nitrogen and oxygen atoms in total. The molecule has 2 atom stereocenters. The molecule has 1 aromatic rings. The Morgan fingerprint density at radius 2 is 1.95 bits per heavy atom. The summed E-state index contributed by atoms with van der Waals surface area (Å²) in [4.78, 5) is 32.5. The number of hydrogen-bond donors (Lipinski definition) is 0. The molecule has 0 bridgehead atoms. The summed E-state index contributed by atoms with van der Waals surface area (Å²) in [5.41, 5.74) is 1.31. The van der Waals surface area contributed by atoms with Gasteiger partial charge in [0.25, 0.3) is 0 Å². The zero-order chi connectivity index (χ0) is 14.0. The van der Waals surface area contributed by atoms with Crippen LogP contribution in [0.1, 0.15) is 41.8 Å². The second-order valence-electron chi connectivity index (χ2n) is 4.42. The largest absolute Gasteiger partial charge is 1.00 e. The van der Waals surface area contributed by atoms with Crippen molar-refractivity contribution in [3.63, 3.8) is 0 Å². The Labute approximate surface area is 167 Å². The summed E-state index contributed by atoms with van der Waals surface area (Å²) in [7, 11) is -4.97. The van der Waals surface area contributed by atoms with Crippen molar-refractivity contribution < 1.29 is 87.5 Å². The van der Waals surface area contributed by atoms with E-state index in [4.69, 9.17) is 4.74 Å². The van der Waals surface area contributed by atoms with Gasteiger partial charge in [-0.25, -0.2) is 4.79 Å². The fraction of sp³-hybridized carbons (Fsp3) is 0.417. The molecule has 0 amide bonds. The van der Waals surface area contributed by atoms with Crippen molar-refractivity contribution >= 4 is 13.8 Å². The molecule has 2 rings (SSSR count). The molecule has 1 aromatic carbocycles. The maximum atomic E-state index is 11.6. The summed E-state index contributed by atoms with van der Waals surface area (Å²) in [5, 5.41) is 0. The molecule has 1 unspecified atom stereocenters. The van der Waals surface area contributed by atoms with Gasteiger partial charge >= 0.3 is 65.1 Å². The molecule has 104 valence electrons. The zero-order valence-electron chi connectivity index (χ0n) is 12.3. The van der Waals surface area contributed by atoms with Crippen molar-refractivity contribution in [3.05, 3.63) is 35.4 Å². The van der Waals surface area contributed by atoms with E-state index in [0.717, 1.165) is 5.56 Å². The van der Waals surface area contributed by atoms with Crippen molar-refractivity contribution in [1.29, 1.82) is 0 Å². The van der Waals surface area contributed by atoms with Crippen LogP contribution >= 0.6 is 7.82 Å². The molecular formula is C12H13Na2O6P. The van der Waals surface area contributed by atoms with Crippen LogP contribution in [-0.2, 0) is 13.8 Å². The number of cyclic esters (lactones) is 1. The Balaban J connectivity index is 0.00000200. The van der Waals surface area contributed by atoms with E-state index in [-0.39, 0.29) is 65.1 Å². The zero-order valence-corrected chi connectivity index (χ0v) is 17.2. The maximum absolute atomic E-state index is 11.6. The fourth-order valence-electron chi connectivity index (χ4n) is 2.09. The molecule has 9 heteroatoms. The van der Waals surface area contributed by atoms with E-state index in [9.17, 15) is 19.1 Å². The molecule has 0 aromatic heterocycles. The molecule has 0 saturated carbocycles. The number of hydrogen-bond acceptors (Lipinski definition) is 6. The predicted molar refractivity (Wildman–Crippen MR) is 62.0 cm³/mol. The molecule has 0 spiro atoms. The van der Waals surface area contributed by atoms with Crippen molar-refractivity contribution in [3.8, 4) is 0 Å². The first-order valence-electron chi connectivity index (χ1n) is 5.87. The third-order valence-electron chi connectivity index (χ3n) is 2.92. The third-order valence-corrected chi connectivity index (χ3v) is 3.54. The molecule has 0 N–H and O–H groups in total. The van der Waals surface area contributed by atoms with E-state index in [1.807, 2.05) is 0 Å². The second-order valence-corrected chi connectivity index (χ2v) is 5.53. The van der Waals surface area contributed by atoms with Crippen LogP contribution in [0.25, 0.3) is 0 Å². The topological polar surface area (TPSA) is 98.7 Å². The number of phosphoric acid groups is 1. The molecular weight excluding hydrogens is 317 g/mol. The first kappa shape index (κ1) is 21.8. The van der Waals surface area contributed by atoms with Gasteiger partial charge in [0.1, 0.15) is 6.10 Å². The third kappa shape index (κ3) is 6.43. The Morgan fingerprint density at radius 1 is 1.33 bits per heavy atom. The summed E-state index contributed by atoms with van der Waals surface area (Å²) in [5.74, 6) is -0.382. The van der Waals surface area contributed by atoms with E-state index in [1.54, 1.807) is 24.3 Å². The first-order valence-corrected chi connectivity index (χ1v) is 7.33. The smallest absolute Gasteiger partial charge is 0.790 e. The number of ether oxygens (including phenoxy) is 1. The molecule has 1 aliphatic heterocycles. The summed E-state index contributed by atoms with van der Waals surface area (Å²) >= 11 is 0. The van der Waals surface area contributed by atoms with Crippen molar-refractivity contribution in [2.24, 2.45) is 0 Å². The number of fused-ring (bicyclic) bond motifs is 1. The Kier molecular flexibility index (Phi) is 9.53. The Morgan fingerprint density at radius 3 is 2.57 bits per heavy atom. The van der Waals surface area contributed by atoms with Crippen LogP contribution in [0.3, 0.4) is 0 Å². The van der Waals surface area contributed by atoms with Crippen LogP contribution in [0.2, 0.25) is 0 Å². The average molecular weight is 330 g/mol. The van der Waals surface area contributed by atoms with Crippen LogP contribution in [-0.4, -0.2) is 12.1 Å². The van der Waals surface area contributed by atoms with Gasteiger partial charge < -0.3 is 23.6 Å². The van der Waals surface area contributed by atoms with Crippen LogP contribution in [0.15, 0.2) is 24.3 Å². The minimum atomic E-state index is -4.97.